The van der Waals surface area contributed by atoms with E-state index in [0.29, 0.717) is 19.2 Å². The number of carbonyl (C=O) groups is 1. The van der Waals surface area contributed by atoms with Crippen LogP contribution in [0.2, 0.25) is 0 Å². The van der Waals surface area contributed by atoms with Crippen molar-refractivity contribution in [3.8, 4) is 0 Å². The van der Waals surface area contributed by atoms with E-state index in [9.17, 15) is 4.79 Å². The fraction of sp³-hybridized carbons (Fsp3) is 0.737. The van der Waals surface area contributed by atoms with Gasteiger partial charge < -0.3 is 25.0 Å². The maximum atomic E-state index is 11.9. The lowest BCUT2D eigenvalue weighted by Gasteiger charge is -2.28. The highest BCUT2D eigenvalue weighted by molar-refractivity contribution is 5.91. The van der Waals surface area contributed by atoms with E-state index in [-0.39, 0.29) is 16.5 Å². The molecule has 0 bridgehead atoms. The number of hydrogen-bond donors (Lipinski definition) is 1. The quantitative estimate of drug-likeness (QED) is 0.838. The maximum absolute atomic E-state index is 11.9. The van der Waals surface area contributed by atoms with E-state index in [1.54, 1.807) is 6.07 Å². The molecule has 5 rings (SSSR count). The number of carbonyl (C=O) groups excluding carboxylic acids is 1. The largest absolute Gasteiger partial charge is 0.379 e. The van der Waals surface area contributed by atoms with Crippen LogP contribution < -0.4 is 15.5 Å². The molecule has 8 nitrogen and oxygen atoms in total. The second-order valence-electron chi connectivity index (χ2n) is 8.72. The smallest absolute Gasteiger partial charge is 0.267 e. The molecule has 8 heteroatoms. The van der Waals surface area contributed by atoms with Crippen LogP contribution >= 0.6 is 0 Å². The molecule has 0 radical (unpaired) electrons. The summed E-state index contributed by atoms with van der Waals surface area (Å²) in [6.07, 6.45) is 4.74. The lowest BCUT2D eigenvalue weighted by Crippen LogP contribution is -2.35. The number of primary amides is 1. The van der Waals surface area contributed by atoms with Crippen molar-refractivity contribution in [3.05, 3.63) is 11.8 Å². The molecule has 0 unspecified atom stereocenters. The molecule has 2 N–H and O–H groups in total. The number of aromatic nitrogens is 2. The maximum Gasteiger partial charge on any atom is 0.267 e. The van der Waals surface area contributed by atoms with Crippen molar-refractivity contribution in [2.75, 3.05) is 62.4 Å². The van der Waals surface area contributed by atoms with E-state index >= 15 is 0 Å². The molecule has 146 valence electrons. The summed E-state index contributed by atoms with van der Waals surface area (Å²) < 4.78 is 11.6. The molecule has 1 amide bonds. The van der Waals surface area contributed by atoms with Gasteiger partial charge in [-0.15, -0.1) is 0 Å². The van der Waals surface area contributed by atoms with E-state index in [1.165, 1.54) is 25.7 Å². The van der Waals surface area contributed by atoms with Crippen LogP contribution in [0.3, 0.4) is 0 Å². The highest BCUT2D eigenvalue weighted by Crippen LogP contribution is 2.48. The van der Waals surface area contributed by atoms with E-state index in [4.69, 9.17) is 20.2 Å². The van der Waals surface area contributed by atoms with Crippen molar-refractivity contribution in [2.45, 2.75) is 25.7 Å². The third-order valence-corrected chi connectivity index (χ3v) is 6.35. The van der Waals surface area contributed by atoms with Crippen molar-refractivity contribution in [2.24, 2.45) is 16.6 Å². The number of rotatable bonds is 3. The predicted octanol–water partition coefficient (Wildman–Crippen LogP) is 0.809. The van der Waals surface area contributed by atoms with Gasteiger partial charge in [-0.25, -0.2) is 4.98 Å². The first-order chi connectivity index (χ1) is 13.1. The SMILES string of the molecule is NC(=O)c1cc(N2CCOCC3(CC3)C2)nc(N2CCOCC3(CC3)C2)n1. The van der Waals surface area contributed by atoms with Gasteiger partial charge in [0.25, 0.3) is 5.91 Å². The van der Waals surface area contributed by atoms with Crippen LogP contribution in [0.1, 0.15) is 36.2 Å². The normalized spacial score (nSPS) is 25.9. The van der Waals surface area contributed by atoms with Crippen LogP contribution in [0.4, 0.5) is 11.8 Å². The average Bonchev–Trinajstić information content (AvgIpc) is 3.58. The molecule has 2 saturated heterocycles. The molecular weight excluding hydrogens is 346 g/mol. The number of hydrogen-bond acceptors (Lipinski definition) is 7. The molecule has 1 aromatic heterocycles. The molecular formula is C19H27N5O3. The number of anilines is 2. The number of nitrogens with zero attached hydrogens (tertiary/aromatic N) is 4. The first-order valence-electron chi connectivity index (χ1n) is 9.91. The lowest BCUT2D eigenvalue weighted by molar-refractivity contribution is 0.0995. The van der Waals surface area contributed by atoms with Gasteiger partial charge in [-0.05, 0) is 25.7 Å². The highest BCUT2D eigenvalue weighted by atomic mass is 16.5. The van der Waals surface area contributed by atoms with E-state index < -0.39 is 5.91 Å². The minimum Gasteiger partial charge on any atom is -0.379 e. The highest BCUT2D eigenvalue weighted by Gasteiger charge is 2.47. The zero-order valence-electron chi connectivity index (χ0n) is 15.7. The van der Waals surface area contributed by atoms with Crippen LogP contribution in [-0.4, -0.2) is 68.5 Å². The van der Waals surface area contributed by atoms with E-state index in [1.807, 2.05) is 0 Å². The van der Waals surface area contributed by atoms with Crippen molar-refractivity contribution >= 4 is 17.7 Å². The standard InChI is InChI=1S/C19H27N5O3/c20-16(25)14-9-15(23-5-7-26-12-18(10-23)1-2-18)22-17(21-14)24-6-8-27-13-19(11-24)3-4-19/h9H,1-8,10-13H2,(H2,20,25). The summed E-state index contributed by atoms with van der Waals surface area (Å²) in [6, 6.07) is 1.73. The molecule has 1 aromatic rings. The number of nitrogens with two attached hydrogens (primary N) is 1. The molecule has 0 atom stereocenters. The third-order valence-electron chi connectivity index (χ3n) is 6.35. The Morgan fingerprint density at radius 3 is 2.15 bits per heavy atom. The van der Waals surface area contributed by atoms with Gasteiger partial charge in [-0.2, -0.15) is 4.98 Å². The lowest BCUT2D eigenvalue weighted by atomic mass is 10.1. The zero-order valence-corrected chi connectivity index (χ0v) is 15.7. The Balaban J connectivity index is 1.47. The van der Waals surface area contributed by atoms with Gasteiger partial charge in [0, 0.05) is 43.1 Å². The molecule has 2 aliphatic heterocycles. The Morgan fingerprint density at radius 2 is 1.56 bits per heavy atom. The molecule has 4 aliphatic rings. The van der Waals surface area contributed by atoms with Gasteiger partial charge >= 0.3 is 0 Å². The summed E-state index contributed by atoms with van der Waals surface area (Å²) in [4.78, 5) is 25.7. The Bertz CT molecular complexity index is 695. The van der Waals surface area contributed by atoms with Crippen molar-refractivity contribution in [1.29, 1.82) is 0 Å². The minimum atomic E-state index is -0.515. The first-order valence-corrected chi connectivity index (χ1v) is 9.91. The summed E-state index contributed by atoms with van der Waals surface area (Å²) in [5.41, 5.74) is 6.35. The van der Waals surface area contributed by atoms with Crippen molar-refractivity contribution < 1.29 is 14.3 Å². The number of ether oxygens (including phenoxy) is 2. The fourth-order valence-electron chi connectivity index (χ4n) is 4.16. The summed E-state index contributed by atoms with van der Waals surface area (Å²) in [5, 5.41) is 0. The van der Waals surface area contributed by atoms with Crippen LogP contribution in [-0.2, 0) is 9.47 Å². The molecule has 2 spiro atoms. The Kier molecular flexibility index (Phi) is 4.01. The fourth-order valence-corrected chi connectivity index (χ4v) is 4.16. The second-order valence-corrected chi connectivity index (χ2v) is 8.72. The topological polar surface area (TPSA) is 93.8 Å². The van der Waals surface area contributed by atoms with Crippen LogP contribution in [0, 0.1) is 10.8 Å². The van der Waals surface area contributed by atoms with Crippen LogP contribution in [0.25, 0.3) is 0 Å². The summed E-state index contributed by atoms with van der Waals surface area (Å²) in [5.74, 6) is 0.855. The van der Waals surface area contributed by atoms with Gasteiger partial charge in [0.2, 0.25) is 5.95 Å². The molecule has 0 aromatic carbocycles. The van der Waals surface area contributed by atoms with Gasteiger partial charge in [-0.1, -0.05) is 0 Å². The molecule has 2 aliphatic carbocycles. The van der Waals surface area contributed by atoms with Gasteiger partial charge in [0.05, 0.1) is 26.4 Å². The third kappa shape index (κ3) is 3.48. The minimum absolute atomic E-state index is 0.233. The van der Waals surface area contributed by atoms with Crippen molar-refractivity contribution in [3.63, 3.8) is 0 Å². The van der Waals surface area contributed by atoms with E-state index in [0.717, 1.165) is 45.2 Å². The van der Waals surface area contributed by atoms with E-state index in [2.05, 4.69) is 14.8 Å². The van der Waals surface area contributed by atoms with Crippen LogP contribution in [0.5, 0.6) is 0 Å². The second kappa shape index (κ2) is 6.31. The van der Waals surface area contributed by atoms with Gasteiger partial charge in [0.15, 0.2) is 0 Å². The van der Waals surface area contributed by atoms with Gasteiger partial charge in [0.1, 0.15) is 11.5 Å². The first kappa shape index (κ1) is 17.2. The summed E-state index contributed by atoms with van der Waals surface area (Å²) in [6.45, 7) is 6.24. The number of amides is 1. The Hall–Kier alpha value is -1.93. The molecule has 27 heavy (non-hydrogen) atoms. The van der Waals surface area contributed by atoms with Crippen molar-refractivity contribution in [1.82, 2.24) is 9.97 Å². The predicted molar refractivity (Wildman–Crippen MR) is 99.9 cm³/mol. The molecule has 4 fully saturated rings. The summed E-state index contributed by atoms with van der Waals surface area (Å²) in [7, 11) is 0. The Labute approximate surface area is 159 Å². The average molecular weight is 373 g/mol. The van der Waals surface area contributed by atoms with Crippen LogP contribution in [0.15, 0.2) is 6.07 Å². The molecule has 2 saturated carbocycles. The molecule has 3 heterocycles. The summed E-state index contributed by atoms with van der Waals surface area (Å²) >= 11 is 0. The monoisotopic (exact) mass is 373 g/mol. The van der Waals surface area contributed by atoms with Gasteiger partial charge in [-0.3, -0.25) is 4.79 Å². The zero-order chi connectivity index (χ0) is 18.5. The Morgan fingerprint density at radius 1 is 0.963 bits per heavy atom.